The van der Waals surface area contributed by atoms with Crippen LogP contribution < -0.4 is 11.1 Å². The monoisotopic (exact) mass is 345 g/mol. The first kappa shape index (κ1) is 18.2. The van der Waals surface area contributed by atoms with E-state index in [1.165, 1.54) is 11.3 Å². The van der Waals surface area contributed by atoms with Crippen molar-refractivity contribution in [3.8, 4) is 0 Å². The Labute approximate surface area is 146 Å². The minimum absolute atomic E-state index is 0.0938. The number of rotatable bonds is 6. The van der Waals surface area contributed by atoms with E-state index in [-0.39, 0.29) is 17.2 Å². The molecule has 0 aliphatic rings. The van der Waals surface area contributed by atoms with E-state index in [0.29, 0.717) is 29.2 Å². The fraction of sp³-hybridized carbons (Fsp3) is 0.333. The molecular weight excluding hydrogens is 322 g/mol. The number of carbonyl (C=O) groups is 2. The second-order valence-electron chi connectivity index (χ2n) is 6.54. The van der Waals surface area contributed by atoms with Crippen molar-refractivity contribution in [2.45, 2.75) is 13.8 Å². The van der Waals surface area contributed by atoms with Gasteiger partial charge in [0.05, 0.1) is 4.88 Å². The SMILES string of the molecule is CN(CC(C)(C)CN)C(=O)c1cccc(NC(=O)c2cccs2)c1. The van der Waals surface area contributed by atoms with Crippen LogP contribution in [0.5, 0.6) is 0 Å². The third-order valence-electron chi connectivity index (χ3n) is 3.68. The highest BCUT2D eigenvalue weighted by Crippen LogP contribution is 2.18. The van der Waals surface area contributed by atoms with E-state index in [2.05, 4.69) is 5.32 Å². The van der Waals surface area contributed by atoms with Crippen molar-refractivity contribution >= 4 is 28.8 Å². The molecule has 0 saturated heterocycles. The van der Waals surface area contributed by atoms with Crippen molar-refractivity contribution in [2.24, 2.45) is 11.1 Å². The van der Waals surface area contributed by atoms with Crippen molar-refractivity contribution in [2.75, 3.05) is 25.5 Å². The zero-order valence-corrected chi connectivity index (χ0v) is 15.0. The van der Waals surface area contributed by atoms with Crippen LogP contribution in [-0.4, -0.2) is 36.9 Å². The minimum Gasteiger partial charge on any atom is -0.341 e. The molecule has 1 heterocycles. The number of nitrogens with zero attached hydrogens (tertiary/aromatic N) is 1. The number of nitrogens with one attached hydrogen (secondary N) is 1. The number of thiophene rings is 1. The Balaban J connectivity index is 2.09. The van der Waals surface area contributed by atoms with Gasteiger partial charge in [-0.15, -0.1) is 11.3 Å². The molecule has 24 heavy (non-hydrogen) atoms. The number of benzene rings is 1. The topological polar surface area (TPSA) is 75.4 Å². The maximum absolute atomic E-state index is 12.6. The third-order valence-corrected chi connectivity index (χ3v) is 4.55. The van der Waals surface area contributed by atoms with E-state index in [4.69, 9.17) is 5.73 Å². The van der Waals surface area contributed by atoms with E-state index < -0.39 is 0 Å². The molecule has 0 bridgehead atoms. The average Bonchev–Trinajstić information content (AvgIpc) is 3.08. The maximum atomic E-state index is 12.6. The molecule has 0 saturated carbocycles. The second kappa shape index (κ2) is 7.59. The highest BCUT2D eigenvalue weighted by atomic mass is 32.1. The summed E-state index contributed by atoms with van der Waals surface area (Å²) in [6.45, 7) is 5.11. The summed E-state index contributed by atoms with van der Waals surface area (Å²) in [6, 6.07) is 10.6. The molecule has 0 atom stereocenters. The highest BCUT2D eigenvalue weighted by molar-refractivity contribution is 7.12. The lowest BCUT2D eigenvalue weighted by molar-refractivity contribution is 0.0740. The third kappa shape index (κ3) is 4.66. The number of hydrogen-bond acceptors (Lipinski definition) is 4. The molecule has 2 rings (SSSR count). The number of nitrogens with two attached hydrogens (primary N) is 1. The number of carbonyl (C=O) groups excluding carboxylic acids is 2. The van der Waals surface area contributed by atoms with Gasteiger partial charge >= 0.3 is 0 Å². The first-order valence-electron chi connectivity index (χ1n) is 7.73. The molecule has 2 aromatic rings. The molecule has 1 aromatic heterocycles. The van der Waals surface area contributed by atoms with Gasteiger partial charge in [0.2, 0.25) is 0 Å². The summed E-state index contributed by atoms with van der Waals surface area (Å²) in [7, 11) is 1.76. The second-order valence-corrected chi connectivity index (χ2v) is 7.49. The van der Waals surface area contributed by atoms with Crippen LogP contribution >= 0.6 is 11.3 Å². The molecule has 0 aliphatic carbocycles. The van der Waals surface area contributed by atoms with Crippen LogP contribution in [-0.2, 0) is 0 Å². The Morgan fingerprint density at radius 3 is 2.62 bits per heavy atom. The molecule has 0 aliphatic heterocycles. The number of anilines is 1. The predicted molar refractivity (Wildman–Crippen MR) is 98.5 cm³/mol. The molecule has 0 fully saturated rings. The molecule has 5 nitrogen and oxygen atoms in total. The number of hydrogen-bond donors (Lipinski definition) is 2. The Bertz CT molecular complexity index is 711. The average molecular weight is 345 g/mol. The summed E-state index contributed by atoms with van der Waals surface area (Å²) < 4.78 is 0. The summed E-state index contributed by atoms with van der Waals surface area (Å²) in [6.07, 6.45) is 0. The van der Waals surface area contributed by atoms with E-state index in [0.717, 1.165) is 0 Å². The molecule has 128 valence electrons. The Morgan fingerprint density at radius 1 is 1.25 bits per heavy atom. The maximum Gasteiger partial charge on any atom is 0.265 e. The van der Waals surface area contributed by atoms with Gasteiger partial charge in [0.15, 0.2) is 0 Å². The Kier molecular flexibility index (Phi) is 5.75. The standard InChI is InChI=1S/C18H23N3O2S/c1-18(2,11-19)12-21(3)17(23)13-6-4-7-14(10-13)20-16(22)15-8-5-9-24-15/h4-10H,11-12,19H2,1-3H3,(H,20,22). The van der Waals surface area contributed by atoms with Crippen molar-refractivity contribution in [1.29, 1.82) is 0 Å². The lowest BCUT2D eigenvalue weighted by atomic mass is 9.93. The van der Waals surface area contributed by atoms with Gasteiger partial charge < -0.3 is 16.0 Å². The molecule has 0 unspecified atom stereocenters. The fourth-order valence-electron chi connectivity index (χ4n) is 2.33. The summed E-state index contributed by atoms with van der Waals surface area (Å²) in [4.78, 5) is 27.0. The molecule has 3 N–H and O–H groups in total. The summed E-state index contributed by atoms with van der Waals surface area (Å²) in [5.41, 5.74) is 6.73. The molecule has 2 amide bonds. The quantitative estimate of drug-likeness (QED) is 0.845. The van der Waals surface area contributed by atoms with Gasteiger partial charge in [0.1, 0.15) is 0 Å². The van der Waals surface area contributed by atoms with E-state index in [9.17, 15) is 9.59 Å². The molecule has 6 heteroatoms. The van der Waals surface area contributed by atoms with Crippen molar-refractivity contribution < 1.29 is 9.59 Å². The number of amides is 2. The van der Waals surface area contributed by atoms with Crippen LogP contribution in [0.1, 0.15) is 33.9 Å². The van der Waals surface area contributed by atoms with Crippen molar-refractivity contribution in [3.63, 3.8) is 0 Å². The lowest BCUT2D eigenvalue weighted by Gasteiger charge is -2.29. The van der Waals surface area contributed by atoms with E-state index >= 15 is 0 Å². The first-order chi connectivity index (χ1) is 11.3. The Morgan fingerprint density at radius 2 is 2.00 bits per heavy atom. The van der Waals surface area contributed by atoms with Gasteiger partial charge in [-0.05, 0) is 41.6 Å². The molecular formula is C18H23N3O2S. The van der Waals surface area contributed by atoms with Gasteiger partial charge in [-0.3, -0.25) is 9.59 Å². The lowest BCUT2D eigenvalue weighted by Crippen LogP contribution is -2.39. The Hall–Kier alpha value is -2.18. The van der Waals surface area contributed by atoms with Crippen LogP contribution in [0.15, 0.2) is 41.8 Å². The van der Waals surface area contributed by atoms with Crippen LogP contribution in [0.25, 0.3) is 0 Å². The zero-order chi connectivity index (χ0) is 17.7. The summed E-state index contributed by atoms with van der Waals surface area (Å²) in [5, 5.41) is 4.67. The zero-order valence-electron chi connectivity index (χ0n) is 14.2. The van der Waals surface area contributed by atoms with Gasteiger partial charge in [-0.1, -0.05) is 26.0 Å². The first-order valence-corrected chi connectivity index (χ1v) is 8.61. The largest absolute Gasteiger partial charge is 0.341 e. The minimum atomic E-state index is -0.174. The van der Waals surface area contributed by atoms with Gasteiger partial charge in [-0.25, -0.2) is 0 Å². The normalized spacial score (nSPS) is 11.2. The van der Waals surface area contributed by atoms with Crippen molar-refractivity contribution in [1.82, 2.24) is 4.90 Å². The molecule has 1 aromatic carbocycles. The van der Waals surface area contributed by atoms with Crippen LogP contribution in [0.4, 0.5) is 5.69 Å². The smallest absolute Gasteiger partial charge is 0.265 e. The van der Waals surface area contributed by atoms with Crippen LogP contribution in [0, 0.1) is 5.41 Å². The fourth-order valence-corrected chi connectivity index (χ4v) is 2.95. The van der Waals surface area contributed by atoms with Crippen LogP contribution in [0.2, 0.25) is 0 Å². The van der Waals surface area contributed by atoms with E-state index in [1.807, 2.05) is 25.3 Å². The molecule has 0 radical (unpaired) electrons. The molecule has 0 spiro atoms. The predicted octanol–water partition coefficient (Wildman–Crippen LogP) is 3.06. The summed E-state index contributed by atoms with van der Waals surface area (Å²) >= 11 is 1.38. The highest BCUT2D eigenvalue weighted by Gasteiger charge is 2.22. The van der Waals surface area contributed by atoms with Crippen LogP contribution in [0.3, 0.4) is 0 Å². The van der Waals surface area contributed by atoms with E-state index in [1.54, 1.807) is 42.3 Å². The summed E-state index contributed by atoms with van der Waals surface area (Å²) in [5.74, 6) is -0.268. The van der Waals surface area contributed by atoms with Gasteiger partial charge in [0, 0.05) is 24.8 Å². The van der Waals surface area contributed by atoms with Gasteiger partial charge in [-0.2, -0.15) is 0 Å². The van der Waals surface area contributed by atoms with Gasteiger partial charge in [0.25, 0.3) is 11.8 Å². The van der Waals surface area contributed by atoms with Crippen molar-refractivity contribution in [3.05, 3.63) is 52.2 Å².